The van der Waals surface area contributed by atoms with Crippen molar-refractivity contribution in [3.8, 4) is 11.4 Å². The molecular weight excluding hydrogens is 535 g/mol. The molecule has 1 aromatic heterocycles. The normalized spacial score (nSPS) is 11.8. The van der Waals surface area contributed by atoms with Gasteiger partial charge in [0.1, 0.15) is 23.5 Å². The molecule has 0 amide bonds. The number of nitrogens with one attached hydrogen (secondary N) is 2. The standard InChI is InChI=1S/C25H24F2N6.C2HF3O2/c1-3-15-8-7-11-17(12-15)22(30-21-14-19(26)18(23(28)29)13-20(21)27)25-31-24(32-33(25)2)16-9-5-4-6-10-16;3-2(4,5)1(6)7/h4-14,22,30H,3H2,1-2H3,(H3,28,29);(H,6,7). The molecule has 0 aliphatic carbocycles. The van der Waals surface area contributed by atoms with Crippen LogP contribution in [0.25, 0.3) is 11.4 Å². The Balaban J connectivity index is 0.000000559. The Kier molecular flexibility index (Phi) is 9.19. The van der Waals surface area contributed by atoms with E-state index in [-0.39, 0.29) is 11.3 Å². The molecular formula is C27H25F5N6O2. The summed E-state index contributed by atoms with van der Waals surface area (Å²) in [6.45, 7) is 2.05. The van der Waals surface area contributed by atoms with Crippen LogP contribution in [0.1, 0.15) is 35.5 Å². The predicted molar refractivity (Wildman–Crippen MR) is 139 cm³/mol. The molecule has 40 heavy (non-hydrogen) atoms. The first-order valence-electron chi connectivity index (χ1n) is 11.8. The van der Waals surface area contributed by atoms with Crippen LogP contribution in [0.2, 0.25) is 0 Å². The first-order valence-corrected chi connectivity index (χ1v) is 11.8. The van der Waals surface area contributed by atoms with E-state index in [1.165, 1.54) is 0 Å². The van der Waals surface area contributed by atoms with Crippen molar-refractivity contribution < 1.29 is 31.9 Å². The van der Waals surface area contributed by atoms with Gasteiger partial charge in [-0.3, -0.25) is 10.1 Å². The number of anilines is 1. The SMILES string of the molecule is CCc1cccc(C(Nc2cc(F)c(C(=N)N)cc2F)c2nc(-c3ccccc3)nn2C)c1.O=C(O)C(F)(F)F. The Morgan fingerprint density at radius 3 is 2.30 bits per heavy atom. The highest BCUT2D eigenvalue weighted by atomic mass is 19.4. The number of aliphatic carboxylic acids is 1. The third-order valence-corrected chi connectivity index (χ3v) is 5.67. The lowest BCUT2D eigenvalue weighted by Gasteiger charge is -2.21. The molecule has 0 aliphatic heterocycles. The van der Waals surface area contributed by atoms with Gasteiger partial charge in [-0.05, 0) is 23.6 Å². The number of carboxylic acids is 1. The summed E-state index contributed by atoms with van der Waals surface area (Å²) < 4.78 is 62.7. The van der Waals surface area contributed by atoms with Crippen molar-refractivity contribution >= 4 is 17.5 Å². The van der Waals surface area contributed by atoms with E-state index in [0.29, 0.717) is 11.6 Å². The monoisotopic (exact) mass is 560 g/mol. The van der Waals surface area contributed by atoms with Gasteiger partial charge in [0.05, 0.1) is 11.3 Å². The van der Waals surface area contributed by atoms with Crippen LogP contribution in [-0.4, -0.2) is 37.9 Å². The van der Waals surface area contributed by atoms with Gasteiger partial charge in [-0.15, -0.1) is 0 Å². The number of carbonyl (C=O) groups is 1. The molecule has 0 saturated carbocycles. The van der Waals surface area contributed by atoms with Crippen LogP contribution in [0, 0.1) is 17.0 Å². The molecule has 13 heteroatoms. The van der Waals surface area contributed by atoms with Gasteiger partial charge < -0.3 is 16.2 Å². The fourth-order valence-corrected chi connectivity index (χ4v) is 3.67. The highest BCUT2D eigenvalue weighted by Crippen LogP contribution is 2.30. The quantitative estimate of drug-likeness (QED) is 0.135. The van der Waals surface area contributed by atoms with E-state index in [1.54, 1.807) is 11.7 Å². The zero-order valence-corrected chi connectivity index (χ0v) is 21.3. The minimum Gasteiger partial charge on any atom is -0.475 e. The molecule has 1 heterocycles. The maximum absolute atomic E-state index is 14.9. The molecule has 1 unspecified atom stereocenters. The lowest BCUT2D eigenvalue weighted by atomic mass is 10.0. The molecule has 3 aromatic carbocycles. The van der Waals surface area contributed by atoms with Gasteiger partial charge in [-0.1, -0.05) is 61.5 Å². The molecule has 0 spiro atoms. The van der Waals surface area contributed by atoms with Gasteiger partial charge in [-0.2, -0.15) is 18.3 Å². The summed E-state index contributed by atoms with van der Waals surface area (Å²) in [5, 5.41) is 22.2. The third kappa shape index (κ3) is 7.18. The van der Waals surface area contributed by atoms with Crippen molar-refractivity contribution in [3.05, 3.63) is 101 Å². The number of amidine groups is 1. The molecule has 4 aromatic rings. The minimum atomic E-state index is -5.08. The van der Waals surface area contributed by atoms with E-state index >= 15 is 0 Å². The number of benzene rings is 3. The van der Waals surface area contributed by atoms with Crippen LogP contribution in [-0.2, 0) is 18.3 Å². The van der Waals surface area contributed by atoms with Crippen LogP contribution in [0.3, 0.4) is 0 Å². The van der Waals surface area contributed by atoms with Crippen LogP contribution in [0.15, 0.2) is 66.7 Å². The van der Waals surface area contributed by atoms with E-state index in [4.69, 9.17) is 26.0 Å². The number of carboxylic acid groups (broad SMARTS) is 1. The average Bonchev–Trinajstić information content (AvgIpc) is 3.30. The number of halogens is 5. The van der Waals surface area contributed by atoms with Crippen LogP contribution < -0.4 is 11.1 Å². The summed E-state index contributed by atoms with van der Waals surface area (Å²) in [5.41, 5.74) is 7.80. The lowest BCUT2D eigenvalue weighted by molar-refractivity contribution is -0.192. The Bertz CT molecular complexity index is 1510. The number of nitrogen functional groups attached to an aromatic ring is 1. The Morgan fingerprint density at radius 1 is 1.07 bits per heavy atom. The molecule has 4 rings (SSSR count). The molecule has 0 aliphatic rings. The van der Waals surface area contributed by atoms with Crippen molar-refractivity contribution in [2.45, 2.75) is 25.6 Å². The molecule has 1 atom stereocenters. The van der Waals surface area contributed by atoms with E-state index in [2.05, 4.69) is 10.4 Å². The molecule has 210 valence electrons. The molecule has 5 N–H and O–H groups in total. The Hall–Kier alpha value is -4.81. The van der Waals surface area contributed by atoms with Crippen molar-refractivity contribution in [2.75, 3.05) is 5.32 Å². The molecule has 0 radical (unpaired) electrons. The maximum Gasteiger partial charge on any atom is 0.490 e. The number of hydrogen-bond acceptors (Lipinski definition) is 5. The Morgan fingerprint density at radius 2 is 1.73 bits per heavy atom. The number of aryl methyl sites for hydroxylation is 2. The van der Waals surface area contributed by atoms with Crippen LogP contribution in [0.5, 0.6) is 0 Å². The number of hydrogen-bond donors (Lipinski definition) is 4. The van der Waals surface area contributed by atoms with E-state index in [0.717, 1.165) is 35.2 Å². The number of nitrogens with two attached hydrogens (primary N) is 1. The van der Waals surface area contributed by atoms with Gasteiger partial charge >= 0.3 is 12.1 Å². The second-order valence-corrected chi connectivity index (χ2v) is 8.49. The zero-order chi connectivity index (χ0) is 29.6. The fourth-order valence-electron chi connectivity index (χ4n) is 3.67. The number of rotatable bonds is 7. The summed E-state index contributed by atoms with van der Waals surface area (Å²) in [5.74, 6) is -3.72. The van der Waals surface area contributed by atoms with E-state index < -0.39 is 35.7 Å². The smallest absolute Gasteiger partial charge is 0.475 e. The van der Waals surface area contributed by atoms with Crippen LogP contribution >= 0.6 is 0 Å². The van der Waals surface area contributed by atoms with Crippen molar-refractivity contribution in [2.24, 2.45) is 12.8 Å². The summed E-state index contributed by atoms with van der Waals surface area (Å²) in [7, 11) is 1.77. The van der Waals surface area contributed by atoms with E-state index in [9.17, 15) is 22.0 Å². The summed E-state index contributed by atoms with van der Waals surface area (Å²) in [6, 6.07) is 18.7. The number of alkyl halides is 3. The Labute approximate surface area is 225 Å². The summed E-state index contributed by atoms with van der Waals surface area (Å²) in [6.07, 6.45) is -4.26. The molecule has 0 bridgehead atoms. The number of nitrogens with zero attached hydrogens (tertiary/aromatic N) is 3. The highest BCUT2D eigenvalue weighted by molar-refractivity contribution is 5.95. The van der Waals surface area contributed by atoms with Gasteiger partial charge in [0, 0.05) is 18.7 Å². The van der Waals surface area contributed by atoms with Gasteiger partial charge in [0.25, 0.3) is 0 Å². The minimum absolute atomic E-state index is 0.0614. The predicted octanol–water partition coefficient (Wildman–Crippen LogP) is 5.44. The molecule has 0 fully saturated rings. The van der Waals surface area contributed by atoms with Crippen LogP contribution in [0.4, 0.5) is 27.6 Å². The first-order chi connectivity index (χ1) is 18.8. The first kappa shape index (κ1) is 29.7. The maximum atomic E-state index is 14.9. The zero-order valence-electron chi connectivity index (χ0n) is 21.3. The van der Waals surface area contributed by atoms with Gasteiger partial charge in [0.2, 0.25) is 0 Å². The molecule has 8 nitrogen and oxygen atoms in total. The second-order valence-electron chi connectivity index (χ2n) is 8.49. The average molecular weight is 561 g/mol. The highest BCUT2D eigenvalue weighted by Gasteiger charge is 2.38. The largest absolute Gasteiger partial charge is 0.490 e. The van der Waals surface area contributed by atoms with E-state index in [1.807, 2.05) is 61.5 Å². The summed E-state index contributed by atoms with van der Waals surface area (Å²) >= 11 is 0. The summed E-state index contributed by atoms with van der Waals surface area (Å²) in [4.78, 5) is 13.6. The van der Waals surface area contributed by atoms with Gasteiger partial charge in [0.15, 0.2) is 11.6 Å². The van der Waals surface area contributed by atoms with Crippen molar-refractivity contribution in [1.82, 2.24) is 14.8 Å². The third-order valence-electron chi connectivity index (χ3n) is 5.67. The second kappa shape index (κ2) is 12.4. The fraction of sp³-hybridized carbons (Fsp3) is 0.185. The van der Waals surface area contributed by atoms with Crippen molar-refractivity contribution in [3.63, 3.8) is 0 Å². The topological polar surface area (TPSA) is 130 Å². The number of aromatic nitrogens is 3. The lowest BCUT2D eigenvalue weighted by Crippen LogP contribution is -2.21. The van der Waals surface area contributed by atoms with Crippen molar-refractivity contribution in [1.29, 1.82) is 5.41 Å². The van der Waals surface area contributed by atoms with Gasteiger partial charge in [-0.25, -0.2) is 18.6 Å². The molecule has 0 saturated heterocycles.